The van der Waals surface area contributed by atoms with Crippen LogP contribution in [0.5, 0.6) is 5.75 Å². The minimum absolute atomic E-state index is 0.0127. The predicted octanol–water partition coefficient (Wildman–Crippen LogP) is 2.70. The number of ether oxygens (including phenoxy) is 1. The van der Waals surface area contributed by atoms with Gasteiger partial charge in [0.1, 0.15) is 6.61 Å². The molecule has 0 aliphatic heterocycles. The second-order valence-electron chi connectivity index (χ2n) is 3.88. The topological polar surface area (TPSA) is 89.7 Å². The number of nitrogens with zero attached hydrogens (tertiary/aromatic N) is 1. The van der Waals surface area contributed by atoms with Crippen molar-refractivity contribution in [2.75, 3.05) is 6.61 Å². The number of benzene rings is 1. The summed E-state index contributed by atoms with van der Waals surface area (Å²) in [6.07, 6.45) is 1.78. The highest BCUT2D eigenvalue weighted by Gasteiger charge is 2.16. The molecule has 0 fully saturated rings. The van der Waals surface area contributed by atoms with Crippen LogP contribution < -0.4 is 4.74 Å². The number of para-hydroxylation sites is 1. The van der Waals surface area contributed by atoms with E-state index in [2.05, 4.69) is 0 Å². The van der Waals surface area contributed by atoms with Crippen LogP contribution in [0.4, 0.5) is 5.69 Å². The largest absolute Gasteiger partial charge is 0.482 e. The Labute approximate surface area is 110 Å². The molecule has 0 aromatic heterocycles. The molecule has 19 heavy (non-hydrogen) atoms. The number of carbonyl (C=O) groups is 1. The van der Waals surface area contributed by atoms with Crippen molar-refractivity contribution < 1.29 is 19.6 Å². The first-order valence-electron chi connectivity index (χ1n) is 5.76. The van der Waals surface area contributed by atoms with Crippen LogP contribution in [0.25, 0.3) is 0 Å². The molecule has 0 amide bonds. The highest BCUT2D eigenvalue weighted by molar-refractivity contribution is 5.86. The van der Waals surface area contributed by atoms with Gasteiger partial charge in [-0.05, 0) is 25.0 Å². The van der Waals surface area contributed by atoms with Crippen LogP contribution >= 0.6 is 0 Å². The molecule has 0 radical (unpaired) electrons. The molecule has 0 saturated heterocycles. The van der Waals surface area contributed by atoms with E-state index >= 15 is 0 Å². The third-order valence-electron chi connectivity index (χ3n) is 2.60. The second-order valence-corrected chi connectivity index (χ2v) is 3.88. The lowest BCUT2D eigenvalue weighted by Crippen LogP contribution is -2.04. The standard InChI is InChI=1S/C13H15NO5/c1-3-10(13(15)16)7-8-19-12-9(2)5-4-6-11(12)14(17)18/h4-7H,3,8H2,1-2H3,(H,15,16)/b10-7-. The van der Waals surface area contributed by atoms with Crippen LogP contribution in [0, 0.1) is 17.0 Å². The van der Waals surface area contributed by atoms with Crippen LogP contribution in [0.3, 0.4) is 0 Å². The van der Waals surface area contributed by atoms with Crippen LogP contribution in [0.1, 0.15) is 18.9 Å². The molecule has 1 N–H and O–H groups in total. The lowest BCUT2D eigenvalue weighted by Gasteiger charge is -2.07. The molecule has 1 aromatic carbocycles. The number of hydrogen-bond donors (Lipinski definition) is 1. The van der Waals surface area contributed by atoms with E-state index in [0.717, 1.165) is 0 Å². The maximum atomic E-state index is 10.9. The van der Waals surface area contributed by atoms with Crippen LogP contribution in [0.2, 0.25) is 0 Å². The maximum Gasteiger partial charge on any atom is 0.331 e. The van der Waals surface area contributed by atoms with Crippen molar-refractivity contribution in [3.8, 4) is 5.75 Å². The van der Waals surface area contributed by atoms with Gasteiger partial charge in [0.15, 0.2) is 5.75 Å². The molecule has 0 aliphatic rings. The Balaban J connectivity index is 2.89. The molecule has 0 saturated carbocycles. The van der Waals surface area contributed by atoms with E-state index < -0.39 is 10.9 Å². The molecule has 102 valence electrons. The van der Waals surface area contributed by atoms with Crippen molar-refractivity contribution in [2.24, 2.45) is 0 Å². The molecule has 0 heterocycles. The number of aryl methyl sites for hydroxylation is 1. The van der Waals surface area contributed by atoms with Gasteiger partial charge < -0.3 is 9.84 Å². The third-order valence-corrected chi connectivity index (χ3v) is 2.60. The highest BCUT2D eigenvalue weighted by atomic mass is 16.6. The summed E-state index contributed by atoms with van der Waals surface area (Å²) in [6, 6.07) is 4.62. The fraction of sp³-hybridized carbons (Fsp3) is 0.308. The van der Waals surface area contributed by atoms with E-state index in [9.17, 15) is 14.9 Å². The molecule has 0 aliphatic carbocycles. The molecule has 1 aromatic rings. The quantitative estimate of drug-likeness (QED) is 0.485. The predicted molar refractivity (Wildman–Crippen MR) is 69.3 cm³/mol. The van der Waals surface area contributed by atoms with Gasteiger partial charge in [-0.25, -0.2) is 4.79 Å². The number of aliphatic carboxylic acids is 1. The maximum absolute atomic E-state index is 10.9. The van der Waals surface area contributed by atoms with Gasteiger partial charge in [0.25, 0.3) is 0 Å². The Hall–Kier alpha value is -2.37. The van der Waals surface area contributed by atoms with E-state index in [4.69, 9.17) is 9.84 Å². The van der Waals surface area contributed by atoms with Crippen LogP contribution in [-0.2, 0) is 4.79 Å². The summed E-state index contributed by atoms with van der Waals surface area (Å²) in [5.41, 5.74) is 0.731. The normalized spacial score (nSPS) is 11.2. The summed E-state index contributed by atoms with van der Waals surface area (Å²) >= 11 is 0. The molecule has 0 atom stereocenters. The number of nitro benzene ring substituents is 1. The summed E-state index contributed by atoms with van der Waals surface area (Å²) in [5.74, 6) is -0.838. The Bertz CT molecular complexity index is 522. The summed E-state index contributed by atoms with van der Waals surface area (Å²) in [7, 11) is 0. The average Bonchev–Trinajstić information content (AvgIpc) is 2.35. The average molecular weight is 265 g/mol. The van der Waals surface area contributed by atoms with E-state index in [1.807, 2.05) is 0 Å². The van der Waals surface area contributed by atoms with Crippen molar-refractivity contribution >= 4 is 11.7 Å². The first kappa shape index (κ1) is 14.7. The number of rotatable bonds is 6. The van der Waals surface area contributed by atoms with E-state index in [1.54, 1.807) is 26.0 Å². The minimum Gasteiger partial charge on any atom is -0.482 e. The number of carboxylic acids is 1. The van der Waals surface area contributed by atoms with Gasteiger partial charge in [-0.1, -0.05) is 19.1 Å². The number of hydrogen-bond acceptors (Lipinski definition) is 4. The summed E-state index contributed by atoms with van der Waals surface area (Å²) in [5, 5.41) is 19.7. The van der Waals surface area contributed by atoms with Gasteiger partial charge in [0.2, 0.25) is 0 Å². The first-order valence-corrected chi connectivity index (χ1v) is 5.76. The zero-order valence-corrected chi connectivity index (χ0v) is 10.8. The Morgan fingerprint density at radius 3 is 2.74 bits per heavy atom. The Morgan fingerprint density at radius 1 is 1.53 bits per heavy atom. The smallest absolute Gasteiger partial charge is 0.331 e. The molecule has 0 spiro atoms. The third kappa shape index (κ3) is 3.80. The van der Waals surface area contributed by atoms with E-state index in [0.29, 0.717) is 12.0 Å². The summed E-state index contributed by atoms with van der Waals surface area (Å²) < 4.78 is 5.33. The van der Waals surface area contributed by atoms with Crippen molar-refractivity contribution in [1.29, 1.82) is 0 Å². The lowest BCUT2D eigenvalue weighted by atomic mass is 10.2. The summed E-state index contributed by atoms with van der Waals surface area (Å²) in [6.45, 7) is 3.40. The SMILES string of the molecule is CC/C(=C/COc1c(C)cccc1[N+](=O)[O-])C(=O)O. The van der Waals surface area contributed by atoms with Crippen molar-refractivity contribution in [2.45, 2.75) is 20.3 Å². The van der Waals surface area contributed by atoms with Crippen molar-refractivity contribution in [3.05, 3.63) is 45.5 Å². The zero-order chi connectivity index (χ0) is 14.4. The Kier molecular flexibility index (Phi) is 5.05. The monoisotopic (exact) mass is 265 g/mol. The fourth-order valence-corrected chi connectivity index (χ4v) is 1.58. The van der Waals surface area contributed by atoms with Gasteiger partial charge in [-0.3, -0.25) is 10.1 Å². The summed E-state index contributed by atoms with van der Waals surface area (Å²) in [4.78, 5) is 21.1. The Morgan fingerprint density at radius 2 is 2.21 bits per heavy atom. The van der Waals surface area contributed by atoms with Crippen LogP contribution in [-0.4, -0.2) is 22.6 Å². The lowest BCUT2D eigenvalue weighted by molar-refractivity contribution is -0.385. The minimum atomic E-state index is -1.01. The molecule has 0 unspecified atom stereocenters. The zero-order valence-electron chi connectivity index (χ0n) is 10.8. The molecule has 6 heteroatoms. The van der Waals surface area contributed by atoms with Crippen LogP contribution in [0.15, 0.2) is 29.8 Å². The molecule has 6 nitrogen and oxygen atoms in total. The van der Waals surface area contributed by atoms with Gasteiger partial charge in [0.05, 0.1) is 4.92 Å². The number of nitro groups is 1. The van der Waals surface area contributed by atoms with E-state index in [1.165, 1.54) is 12.1 Å². The molecular formula is C13H15NO5. The molecule has 0 bridgehead atoms. The highest BCUT2D eigenvalue weighted by Crippen LogP contribution is 2.30. The van der Waals surface area contributed by atoms with Gasteiger partial charge in [-0.15, -0.1) is 0 Å². The fourth-order valence-electron chi connectivity index (χ4n) is 1.58. The van der Waals surface area contributed by atoms with Crippen molar-refractivity contribution in [3.63, 3.8) is 0 Å². The van der Waals surface area contributed by atoms with Crippen molar-refractivity contribution in [1.82, 2.24) is 0 Å². The number of carboxylic acid groups (broad SMARTS) is 1. The van der Waals surface area contributed by atoms with Gasteiger partial charge >= 0.3 is 11.7 Å². The molecule has 1 rings (SSSR count). The second kappa shape index (κ2) is 6.53. The van der Waals surface area contributed by atoms with E-state index in [-0.39, 0.29) is 23.6 Å². The van der Waals surface area contributed by atoms with Gasteiger partial charge in [-0.2, -0.15) is 0 Å². The first-order chi connectivity index (χ1) is 8.97. The molecular weight excluding hydrogens is 250 g/mol. The van der Waals surface area contributed by atoms with Gasteiger partial charge in [0, 0.05) is 11.6 Å².